The lowest BCUT2D eigenvalue weighted by Gasteiger charge is -2.02. The Bertz CT molecular complexity index is 403. The Labute approximate surface area is 101 Å². The number of aromatic nitrogens is 1. The predicted molar refractivity (Wildman–Crippen MR) is 67.1 cm³/mol. The van der Waals surface area contributed by atoms with Gasteiger partial charge in [-0.2, -0.15) is 0 Å². The molecule has 0 fully saturated rings. The summed E-state index contributed by atoms with van der Waals surface area (Å²) >= 11 is 1.17. The van der Waals surface area contributed by atoms with Gasteiger partial charge in [0.1, 0.15) is 4.88 Å². The fourth-order valence-electron chi connectivity index (χ4n) is 1.13. The minimum atomic E-state index is -0.852. The van der Waals surface area contributed by atoms with E-state index in [2.05, 4.69) is 10.3 Å². The second-order valence-corrected chi connectivity index (χ2v) is 6.05. The summed E-state index contributed by atoms with van der Waals surface area (Å²) < 4.78 is 11.1. The Hall–Kier alpha value is -0.950. The number of hydrogen-bond acceptors (Lipinski definition) is 5. The number of nitrogens with zero attached hydrogens (tertiary/aromatic N) is 1. The summed E-state index contributed by atoms with van der Waals surface area (Å²) in [6, 6.07) is 0. The molecule has 0 aliphatic carbocycles. The zero-order valence-corrected chi connectivity index (χ0v) is 10.9. The highest BCUT2D eigenvalue weighted by Gasteiger charge is 2.13. The van der Waals surface area contributed by atoms with Gasteiger partial charge in [0, 0.05) is 28.9 Å². The lowest BCUT2D eigenvalue weighted by Crippen LogP contribution is -2.27. The van der Waals surface area contributed by atoms with E-state index in [1.807, 2.05) is 6.92 Å². The van der Waals surface area contributed by atoms with Gasteiger partial charge in [0.05, 0.1) is 5.69 Å². The Kier molecular flexibility index (Phi) is 4.88. The maximum absolute atomic E-state index is 11.7. The van der Waals surface area contributed by atoms with Gasteiger partial charge in [-0.05, 0) is 6.92 Å². The molecule has 3 N–H and O–H groups in total. The third kappa shape index (κ3) is 3.57. The van der Waals surface area contributed by atoms with Gasteiger partial charge in [0.2, 0.25) is 0 Å². The Morgan fingerprint density at radius 1 is 1.62 bits per heavy atom. The number of amides is 1. The molecule has 0 bridgehead atoms. The SMILES string of the molecule is CCS(=O)CCNC(=O)c1sc(N)nc1C. The molecule has 1 heterocycles. The van der Waals surface area contributed by atoms with Crippen molar-refractivity contribution in [2.45, 2.75) is 13.8 Å². The second kappa shape index (κ2) is 5.95. The van der Waals surface area contributed by atoms with E-state index in [0.29, 0.717) is 33.8 Å². The van der Waals surface area contributed by atoms with Gasteiger partial charge in [-0.3, -0.25) is 9.00 Å². The van der Waals surface area contributed by atoms with E-state index < -0.39 is 10.8 Å². The third-order valence-electron chi connectivity index (χ3n) is 1.96. The van der Waals surface area contributed by atoms with E-state index in [9.17, 15) is 9.00 Å². The lowest BCUT2D eigenvalue weighted by atomic mass is 10.4. The molecule has 1 rings (SSSR count). The van der Waals surface area contributed by atoms with Crippen molar-refractivity contribution < 1.29 is 9.00 Å². The van der Waals surface area contributed by atoms with E-state index in [4.69, 9.17) is 5.73 Å². The van der Waals surface area contributed by atoms with E-state index in [0.717, 1.165) is 0 Å². The highest BCUT2D eigenvalue weighted by atomic mass is 32.2. The van der Waals surface area contributed by atoms with Crippen LogP contribution in [0.25, 0.3) is 0 Å². The molecule has 0 saturated heterocycles. The second-order valence-electron chi connectivity index (χ2n) is 3.16. The highest BCUT2D eigenvalue weighted by Crippen LogP contribution is 2.18. The number of thiazole rings is 1. The number of rotatable bonds is 5. The summed E-state index contributed by atoms with van der Waals surface area (Å²) in [7, 11) is -0.852. The molecule has 1 aromatic heterocycles. The van der Waals surface area contributed by atoms with Gasteiger partial charge >= 0.3 is 0 Å². The predicted octanol–water partition coefficient (Wildman–Crippen LogP) is 0.532. The topological polar surface area (TPSA) is 85.1 Å². The number of nitrogen functional groups attached to an aromatic ring is 1. The van der Waals surface area contributed by atoms with Crippen molar-refractivity contribution in [3.05, 3.63) is 10.6 Å². The van der Waals surface area contributed by atoms with Crippen molar-refractivity contribution in [1.82, 2.24) is 10.3 Å². The van der Waals surface area contributed by atoms with Crippen LogP contribution in [-0.2, 0) is 10.8 Å². The molecule has 0 saturated carbocycles. The molecule has 1 unspecified atom stereocenters. The molecule has 7 heteroatoms. The van der Waals surface area contributed by atoms with E-state index in [1.54, 1.807) is 6.92 Å². The molecule has 16 heavy (non-hydrogen) atoms. The largest absolute Gasteiger partial charge is 0.375 e. The number of hydrogen-bond donors (Lipinski definition) is 2. The van der Waals surface area contributed by atoms with Crippen LogP contribution in [0, 0.1) is 6.92 Å². The van der Waals surface area contributed by atoms with Gasteiger partial charge in [-0.15, -0.1) is 0 Å². The molecule has 0 spiro atoms. The highest BCUT2D eigenvalue weighted by molar-refractivity contribution is 7.84. The lowest BCUT2D eigenvalue weighted by molar-refractivity contribution is 0.0959. The molecule has 0 radical (unpaired) electrons. The maximum atomic E-state index is 11.7. The van der Waals surface area contributed by atoms with Crippen LogP contribution in [0.15, 0.2) is 0 Å². The minimum absolute atomic E-state index is 0.195. The molecule has 0 aliphatic rings. The Morgan fingerprint density at radius 3 is 2.81 bits per heavy atom. The fraction of sp³-hybridized carbons (Fsp3) is 0.556. The van der Waals surface area contributed by atoms with Crippen LogP contribution in [0.4, 0.5) is 5.13 Å². The fourth-order valence-corrected chi connectivity index (χ4v) is 2.50. The van der Waals surface area contributed by atoms with Crippen LogP contribution in [0.3, 0.4) is 0 Å². The van der Waals surface area contributed by atoms with Gasteiger partial charge in [0.25, 0.3) is 5.91 Å². The molecule has 90 valence electrons. The van der Waals surface area contributed by atoms with Gasteiger partial charge in [-0.25, -0.2) is 4.98 Å². The summed E-state index contributed by atoms with van der Waals surface area (Å²) in [6.45, 7) is 4.01. The summed E-state index contributed by atoms with van der Waals surface area (Å²) in [4.78, 5) is 16.1. The van der Waals surface area contributed by atoms with Crippen LogP contribution in [0.5, 0.6) is 0 Å². The first-order valence-electron chi connectivity index (χ1n) is 4.90. The van der Waals surface area contributed by atoms with E-state index in [1.165, 1.54) is 11.3 Å². The smallest absolute Gasteiger partial charge is 0.263 e. The Morgan fingerprint density at radius 2 is 2.31 bits per heavy atom. The summed E-state index contributed by atoms with van der Waals surface area (Å²) in [5.41, 5.74) is 6.13. The summed E-state index contributed by atoms with van der Waals surface area (Å²) in [5, 5.41) is 3.09. The molecule has 1 atom stereocenters. The van der Waals surface area contributed by atoms with Crippen LogP contribution < -0.4 is 11.1 Å². The van der Waals surface area contributed by atoms with Gasteiger partial charge in [0.15, 0.2) is 5.13 Å². The molecule has 0 aliphatic heterocycles. The molecule has 1 amide bonds. The van der Waals surface area contributed by atoms with E-state index in [-0.39, 0.29) is 5.91 Å². The van der Waals surface area contributed by atoms with Gasteiger partial charge < -0.3 is 11.1 Å². The maximum Gasteiger partial charge on any atom is 0.263 e. The number of carbonyl (C=O) groups excluding carboxylic acids is 1. The number of carbonyl (C=O) groups is 1. The molecular weight excluding hydrogens is 246 g/mol. The van der Waals surface area contributed by atoms with Crippen molar-refractivity contribution in [3.63, 3.8) is 0 Å². The van der Waals surface area contributed by atoms with Crippen LogP contribution in [0.2, 0.25) is 0 Å². The first kappa shape index (κ1) is 13.1. The van der Waals surface area contributed by atoms with Crippen molar-refractivity contribution in [3.8, 4) is 0 Å². The molecule has 5 nitrogen and oxygen atoms in total. The average molecular weight is 261 g/mol. The van der Waals surface area contributed by atoms with Crippen molar-refractivity contribution in [1.29, 1.82) is 0 Å². The van der Waals surface area contributed by atoms with Crippen molar-refractivity contribution in [2.24, 2.45) is 0 Å². The average Bonchev–Trinajstić information content (AvgIpc) is 2.57. The monoisotopic (exact) mass is 261 g/mol. The normalized spacial score (nSPS) is 12.4. The van der Waals surface area contributed by atoms with Crippen LogP contribution >= 0.6 is 11.3 Å². The minimum Gasteiger partial charge on any atom is -0.375 e. The molecule has 0 aromatic carbocycles. The van der Waals surface area contributed by atoms with Crippen molar-refractivity contribution >= 4 is 33.2 Å². The summed E-state index contributed by atoms with van der Waals surface area (Å²) in [6.07, 6.45) is 0. The number of nitrogens with two attached hydrogens (primary N) is 1. The standard InChI is InChI=1S/C9H15N3O2S2/c1-3-16(14)5-4-11-8(13)7-6(2)12-9(10)15-7/h3-5H2,1-2H3,(H2,10,12)(H,11,13). The molecular formula is C9H15N3O2S2. The number of anilines is 1. The molecule has 1 aromatic rings. The number of nitrogens with one attached hydrogen (secondary N) is 1. The summed E-state index contributed by atoms with van der Waals surface area (Å²) in [5.74, 6) is 0.901. The first-order valence-corrected chi connectivity index (χ1v) is 7.21. The third-order valence-corrected chi connectivity index (χ3v) is 4.25. The Balaban J connectivity index is 2.47. The zero-order chi connectivity index (χ0) is 12.1. The van der Waals surface area contributed by atoms with E-state index >= 15 is 0 Å². The van der Waals surface area contributed by atoms with Crippen molar-refractivity contribution in [2.75, 3.05) is 23.8 Å². The quantitative estimate of drug-likeness (QED) is 0.809. The zero-order valence-electron chi connectivity index (χ0n) is 9.28. The van der Waals surface area contributed by atoms with Crippen LogP contribution in [0.1, 0.15) is 22.3 Å². The number of aryl methyl sites for hydroxylation is 1. The van der Waals surface area contributed by atoms with Gasteiger partial charge in [-0.1, -0.05) is 18.3 Å². The first-order chi connectivity index (χ1) is 7.54. The van der Waals surface area contributed by atoms with Crippen LogP contribution in [-0.4, -0.2) is 33.2 Å².